The number of nitriles is 1. The zero-order chi connectivity index (χ0) is 24.7. The zero-order valence-electron chi connectivity index (χ0n) is 17.6. The van der Waals surface area contributed by atoms with Crippen LogP contribution in [-0.2, 0) is 4.79 Å². The summed E-state index contributed by atoms with van der Waals surface area (Å²) < 4.78 is 0. The number of aliphatic carboxylic acids is 1. The highest BCUT2D eigenvalue weighted by Crippen LogP contribution is 2.22. The highest BCUT2D eigenvalue weighted by molar-refractivity contribution is 5.95. The Kier molecular flexibility index (Phi) is 7.48. The van der Waals surface area contributed by atoms with Crippen LogP contribution in [0.4, 0.5) is 0 Å². The van der Waals surface area contributed by atoms with E-state index in [-0.39, 0.29) is 5.56 Å². The Bertz CT molecular complexity index is 1300. The number of benzene rings is 2. The minimum atomic E-state index is -1.82. The van der Waals surface area contributed by atoms with Crippen molar-refractivity contribution in [3.05, 3.63) is 99.2 Å². The van der Waals surface area contributed by atoms with E-state index >= 15 is 0 Å². The summed E-state index contributed by atoms with van der Waals surface area (Å²) in [5.41, 5.74) is 0.626. The second kappa shape index (κ2) is 10.7. The third-order valence-corrected chi connectivity index (χ3v) is 4.78. The number of H-pyrrole nitrogens is 1. The molecule has 0 spiro atoms. The van der Waals surface area contributed by atoms with Crippen molar-refractivity contribution >= 4 is 17.8 Å². The number of hydrogen-bond donors (Lipinski definition) is 5. The maximum atomic E-state index is 12.9. The van der Waals surface area contributed by atoms with Gasteiger partial charge in [-0.2, -0.15) is 5.26 Å². The predicted octanol–water partition coefficient (Wildman–Crippen LogP) is 0.336. The fourth-order valence-corrected chi connectivity index (χ4v) is 3.00. The molecule has 0 fully saturated rings. The van der Waals surface area contributed by atoms with Gasteiger partial charge in [0, 0.05) is 6.20 Å². The highest BCUT2D eigenvalue weighted by Gasteiger charge is 2.22. The molecular weight excluding hydrogens is 442 g/mol. The first-order valence-electron chi connectivity index (χ1n) is 9.94. The smallest absolute Gasteiger partial charge is 0.334 e. The Morgan fingerprint density at radius 2 is 1.68 bits per heavy atom. The largest absolute Gasteiger partial charge is 0.479 e. The van der Waals surface area contributed by atoms with Gasteiger partial charge in [-0.15, -0.1) is 0 Å². The molecule has 3 aromatic rings. The van der Waals surface area contributed by atoms with E-state index in [1.165, 1.54) is 0 Å². The quantitative estimate of drug-likeness (QED) is 0.318. The Labute approximate surface area is 192 Å². The number of aromatic amines is 1. The summed E-state index contributed by atoms with van der Waals surface area (Å²) in [6.45, 7) is -0.594. The summed E-state index contributed by atoms with van der Waals surface area (Å²) in [4.78, 5) is 53.9. The Morgan fingerprint density at radius 3 is 2.26 bits per heavy atom. The van der Waals surface area contributed by atoms with Crippen LogP contribution in [0.1, 0.15) is 43.7 Å². The SMILES string of the molecule is N#Cc1ccc(C(NC(=O)c2cnc(C(=O)NC[C@@H](O)C(=O)O)[nH]c2=O)c2ccccc2)cc1. The van der Waals surface area contributed by atoms with Gasteiger partial charge in [0.25, 0.3) is 17.4 Å². The molecule has 1 unspecified atom stereocenters. The van der Waals surface area contributed by atoms with Crippen molar-refractivity contribution in [2.75, 3.05) is 6.54 Å². The summed E-state index contributed by atoms with van der Waals surface area (Å²) in [5, 5.41) is 31.8. The number of aliphatic hydroxyl groups excluding tert-OH is 1. The first-order chi connectivity index (χ1) is 16.3. The maximum Gasteiger partial charge on any atom is 0.334 e. The molecule has 1 aromatic heterocycles. The van der Waals surface area contributed by atoms with Crippen LogP contribution in [0.3, 0.4) is 0 Å². The van der Waals surface area contributed by atoms with Gasteiger partial charge in [-0.05, 0) is 23.3 Å². The van der Waals surface area contributed by atoms with Gasteiger partial charge in [0.2, 0.25) is 0 Å². The molecule has 0 saturated heterocycles. The van der Waals surface area contributed by atoms with E-state index < -0.39 is 47.9 Å². The lowest BCUT2D eigenvalue weighted by Crippen LogP contribution is -2.38. The Hall–Kier alpha value is -4.82. The summed E-state index contributed by atoms with van der Waals surface area (Å²) in [6.07, 6.45) is -0.893. The predicted molar refractivity (Wildman–Crippen MR) is 118 cm³/mol. The van der Waals surface area contributed by atoms with Crippen molar-refractivity contribution in [3.63, 3.8) is 0 Å². The van der Waals surface area contributed by atoms with Gasteiger partial charge in [-0.1, -0.05) is 42.5 Å². The molecule has 0 aliphatic heterocycles. The number of aromatic nitrogens is 2. The standard InChI is InChI=1S/C23H19N5O6/c24-10-13-6-8-15(9-7-13)18(14-4-2-1-3-5-14)27-20(30)16-11-25-19(28-21(16)31)22(32)26-12-17(29)23(33)34/h1-9,11,17-18,29H,12H2,(H,26,32)(H,27,30)(H,33,34)(H,25,28,31)/t17-,18?/m1/s1. The topological polar surface area (TPSA) is 185 Å². The molecule has 2 atom stereocenters. The fraction of sp³-hybridized carbons (Fsp3) is 0.130. The zero-order valence-corrected chi connectivity index (χ0v) is 17.6. The normalized spacial score (nSPS) is 12.1. The lowest BCUT2D eigenvalue weighted by Gasteiger charge is -2.20. The van der Waals surface area contributed by atoms with E-state index in [2.05, 4.69) is 20.6 Å². The second-order valence-corrected chi connectivity index (χ2v) is 7.09. The molecule has 11 heteroatoms. The molecular formula is C23H19N5O6. The number of amides is 2. The summed E-state index contributed by atoms with van der Waals surface area (Å²) in [7, 11) is 0. The molecule has 0 aliphatic rings. The molecule has 2 amide bonds. The van der Waals surface area contributed by atoms with Gasteiger partial charge >= 0.3 is 5.97 Å². The van der Waals surface area contributed by atoms with Crippen molar-refractivity contribution in [2.24, 2.45) is 0 Å². The van der Waals surface area contributed by atoms with E-state index in [1.807, 2.05) is 12.1 Å². The van der Waals surface area contributed by atoms with Crippen LogP contribution in [-0.4, -0.2) is 50.6 Å². The minimum absolute atomic E-state index is 0.350. The lowest BCUT2D eigenvalue weighted by molar-refractivity contribution is -0.146. The second-order valence-electron chi connectivity index (χ2n) is 7.09. The van der Waals surface area contributed by atoms with Gasteiger partial charge in [-0.3, -0.25) is 14.4 Å². The molecule has 3 rings (SSSR count). The number of carboxylic acid groups (broad SMARTS) is 1. The number of nitrogens with one attached hydrogen (secondary N) is 3. The van der Waals surface area contributed by atoms with Gasteiger partial charge in [0.1, 0.15) is 5.56 Å². The summed E-state index contributed by atoms with van der Waals surface area (Å²) >= 11 is 0. The molecule has 1 heterocycles. The lowest BCUT2D eigenvalue weighted by atomic mass is 9.97. The number of rotatable bonds is 8. The van der Waals surface area contributed by atoms with E-state index in [0.717, 1.165) is 11.8 Å². The Morgan fingerprint density at radius 1 is 1.03 bits per heavy atom. The number of carboxylic acids is 1. The number of aliphatic hydroxyl groups is 1. The first-order valence-corrected chi connectivity index (χ1v) is 9.94. The number of carbonyl (C=O) groups is 3. The average molecular weight is 461 g/mol. The van der Waals surface area contributed by atoms with Gasteiger partial charge in [0.15, 0.2) is 11.9 Å². The first kappa shape index (κ1) is 23.8. The molecule has 0 saturated carbocycles. The van der Waals surface area contributed by atoms with Gasteiger partial charge in [-0.25, -0.2) is 9.78 Å². The summed E-state index contributed by atoms with van der Waals surface area (Å²) in [5.74, 6) is -3.65. The minimum Gasteiger partial charge on any atom is -0.479 e. The van der Waals surface area contributed by atoms with Crippen LogP contribution in [0.25, 0.3) is 0 Å². The molecule has 0 radical (unpaired) electrons. The van der Waals surface area contributed by atoms with Crippen molar-refractivity contribution < 1.29 is 24.6 Å². The van der Waals surface area contributed by atoms with Gasteiger partial charge < -0.3 is 25.8 Å². The highest BCUT2D eigenvalue weighted by atomic mass is 16.4. The summed E-state index contributed by atoms with van der Waals surface area (Å²) in [6, 6.07) is 17.0. The van der Waals surface area contributed by atoms with Crippen LogP contribution < -0.4 is 16.2 Å². The third kappa shape index (κ3) is 5.70. The van der Waals surface area contributed by atoms with Crippen LogP contribution in [0.2, 0.25) is 0 Å². The number of carbonyl (C=O) groups excluding carboxylic acids is 2. The molecule has 11 nitrogen and oxygen atoms in total. The van der Waals surface area contributed by atoms with Crippen molar-refractivity contribution in [1.29, 1.82) is 5.26 Å². The molecule has 5 N–H and O–H groups in total. The van der Waals surface area contributed by atoms with Crippen molar-refractivity contribution in [1.82, 2.24) is 20.6 Å². The van der Waals surface area contributed by atoms with Crippen molar-refractivity contribution in [3.8, 4) is 6.07 Å². The van der Waals surface area contributed by atoms with Crippen LogP contribution in [0.5, 0.6) is 0 Å². The molecule has 2 aromatic carbocycles. The average Bonchev–Trinajstić information content (AvgIpc) is 2.85. The van der Waals surface area contributed by atoms with Crippen LogP contribution in [0.15, 0.2) is 65.6 Å². The fourth-order valence-electron chi connectivity index (χ4n) is 3.00. The van der Waals surface area contributed by atoms with E-state index in [0.29, 0.717) is 11.1 Å². The van der Waals surface area contributed by atoms with E-state index in [4.69, 9.17) is 10.4 Å². The Balaban J connectivity index is 1.81. The van der Waals surface area contributed by atoms with Gasteiger partial charge in [0.05, 0.1) is 24.2 Å². The molecule has 0 bridgehead atoms. The number of nitrogens with zero attached hydrogens (tertiary/aromatic N) is 2. The molecule has 172 valence electrons. The van der Waals surface area contributed by atoms with E-state index in [1.54, 1.807) is 48.5 Å². The van der Waals surface area contributed by atoms with Crippen molar-refractivity contribution in [2.45, 2.75) is 12.1 Å². The third-order valence-electron chi connectivity index (χ3n) is 4.78. The molecule has 0 aliphatic carbocycles. The monoisotopic (exact) mass is 461 g/mol. The number of hydrogen-bond acceptors (Lipinski definition) is 7. The molecule has 34 heavy (non-hydrogen) atoms. The maximum absolute atomic E-state index is 12.9. The van der Waals surface area contributed by atoms with Crippen LogP contribution >= 0.6 is 0 Å². The van der Waals surface area contributed by atoms with Crippen LogP contribution in [0, 0.1) is 11.3 Å². The van der Waals surface area contributed by atoms with E-state index in [9.17, 15) is 24.3 Å².